The molecule has 0 bridgehead atoms. The van der Waals surface area contributed by atoms with Gasteiger partial charge in [-0.2, -0.15) is 0 Å². The number of hydrogen-bond acceptors (Lipinski definition) is 6. The van der Waals surface area contributed by atoms with Crippen molar-refractivity contribution in [2.45, 2.75) is 0 Å². The molecule has 34 heavy (non-hydrogen) atoms. The number of fused-ring (bicyclic) bond motifs is 1. The molecule has 0 fully saturated rings. The van der Waals surface area contributed by atoms with Gasteiger partial charge < -0.3 is 14.4 Å². The normalized spacial score (nSPS) is 10.8. The van der Waals surface area contributed by atoms with E-state index >= 15 is 0 Å². The Hall–Kier alpha value is -4.31. The van der Waals surface area contributed by atoms with Crippen LogP contribution in [0.4, 0.5) is 20.7 Å². The first kappa shape index (κ1) is 22.9. The minimum Gasteiger partial charge on any atom is -0.453 e. The Morgan fingerprint density at radius 2 is 1.82 bits per heavy atom. The molecule has 174 valence electrons. The summed E-state index contributed by atoms with van der Waals surface area (Å²) in [5, 5.41) is 2.50. The average Bonchev–Trinajstić information content (AvgIpc) is 3.28. The standard InChI is InChI=1S/C24H22FN5O4/c1-33-12-11-29(23(31)16-3-6-18(25)7-4-16)19-8-10-22-27-14-20(30(22)15-19)17-5-9-21(26-13-17)28-24(32)34-2/h3-10,13-15H,11-12H2,1-2H3,(H,26,28,32). The Morgan fingerprint density at radius 3 is 2.50 bits per heavy atom. The van der Waals surface area contributed by atoms with Gasteiger partial charge in [-0.05, 0) is 48.5 Å². The lowest BCUT2D eigenvalue weighted by Gasteiger charge is -2.23. The van der Waals surface area contributed by atoms with Crippen LogP contribution in [-0.4, -0.2) is 53.7 Å². The van der Waals surface area contributed by atoms with E-state index in [0.717, 1.165) is 11.3 Å². The number of imidazole rings is 1. The number of carbonyl (C=O) groups excluding carboxylic acids is 2. The molecule has 0 atom stereocenters. The molecule has 0 aliphatic heterocycles. The van der Waals surface area contributed by atoms with Gasteiger partial charge >= 0.3 is 6.09 Å². The Morgan fingerprint density at radius 1 is 1.03 bits per heavy atom. The topological polar surface area (TPSA) is 98.1 Å². The fraction of sp³-hybridized carbons (Fsp3) is 0.167. The second-order valence-electron chi connectivity index (χ2n) is 7.26. The van der Waals surface area contributed by atoms with E-state index in [1.54, 1.807) is 54.9 Å². The average molecular weight is 463 g/mol. The summed E-state index contributed by atoms with van der Waals surface area (Å²) < 4.78 is 24.9. The van der Waals surface area contributed by atoms with Gasteiger partial charge in [0.25, 0.3) is 5.91 Å². The summed E-state index contributed by atoms with van der Waals surface area (Å²) in [6.07, 6.45) is 4.50. The molecule has 4 rings (SSSR count). The molecule has 0 aliphatic rings. The number of anilines is 2. The summed E-state index contributed by atoms with van der Waals surface area (Å²) >= 11 is 0. The summed E-state index contributed by atoms with van der Waals surface area (Å²) in [5.41, 5.74) is 3.16. The van der Waals surface area contributed by atoms with E-state index in [4.69, 9.17) is 4.74 Å². The maximum Gasteiger partial charge on any atom is 0.412 e. The molecule has 4 aromatic rings. The number of methoxy groups -OCH3 is 2. The van der Waals surface area contributed by atoms with Crippen molar-refractivity contribution in [2.75, 3.05) is 37.6 Å². The number of aromatic nitrogens is 3. The highest BCUT2D eigenvalue weighted by Crippen LogP contribution is 2.25. The number of amides is 2. The van der Waals surface area contributed by atoms with Crippen LogP contribution in [0, 0.1) is 5.82 Å². The first-order valence-corrected chi connectivity index (χ1v) is 10.3. The van der Waals surface area contributed by atoms with Gasteiger partial charge in [0.05, 0.1) is 31.3 Å². The molecule has 1 aromatic carbocycles. The molecule has 0 saturated heterocycles. The number of hydrogen-bond donors (Lipinski definition) is 1. The largest absolute Gasteiger partial charge is 0.453 e. The quantitative estimate of drug-likeness (QED) is 0.445. The van der Waals surface area contributed by atoms with E-state index in [1.807, 2.05) is 4.40 Å². The summed E-state index contributed by atoms with van der Waals surface area (Å²) in [5.74, 6) is -0.343. The summed E-state index contributed by atoms with van der Waals surface area (Å²) in [7, 11) is 2.83. The molecular weight excluding hydrogens is 441 g/mol. The van der Waals surface area contributed by atoms with Crippen LogP contribution in [0.1, 0.15) is 10.4 Å². The molecule has 1 N–H and O–H groups in total. The second-order valence-corrected chi connectivity index (χ2v) is 7.26. The zero-order chi connectivity index (χ0) is 24.1. The van der Waals surface area contributed by atoms with E-state index in [0.29, 0.717) is 35.9 Å². The van der Waals surface area contributed by atoms with Gasteiger partial charge in [0, 0.05) is 37.2 Å². The molecule has 2 amide bonds. The molecule has 3 heterocycles. The highest BCUT2D eigenvalue weighted by atomic mass is 19.1. The van der Waals surface area contributed by atoms with Crippen molar-refractivity contribution in [3.05, 3.63) is 78.5 Å². The number of rotatable bonds is 7. The number of carbonyl (C=O) groups is 2. The third kappa shape index (κ3) is 4.86. The monoisotopic (exact) mass is 463 g/mol. The maximum absolute atomic E-state index is 13.3. The van der Waals surface area contributed by atoms with Gasteiger partial charge in [-0.15, -0.1) is 0 Å². The molecular formula is C24H22FN5O4. The van der Waals surface area contributed by atoms with E-state index in [-0.39, 0.29) is 5.91 Å². The smallest absolute Gasteiger partial charge is 0.412 e. The maximum atomic E-state index is 13.3. The number of nitrogens with zero attached hydrogens (tertiary/aromatic N) is 4. The number of pyridine rings is 2. The molecule has 0 aliphatic carbocycles. The molecule has 0 spiro atoms. The molecule has 0 unspecified atom stereocenters. The Kier molecular flexibility index (Phi) is 6.79. The van der Waals surface area contributed by atoms with Gasteiger partial charge in [-0.1, -0.05) is 0 Å². The third-order valence-electron chi connectivity index (χ3n) is 5.13. The van der Waals surface area contributed by atoms with Gasteiger partial charge in [0.2, 0.25) is 0 Å². The van der Waals surface area contributed by atoms with Gasteiger partial charge in [0.1, 0.15) is 17.3 Å². The van der Waals surface area contributed by atoms with Crippen LogP contribution >= 0.6 is 0 Å². The summed E-state index contributed by atoms with van der Waals surface area (Å²) in [6, 6.07) is 12.5. The van der Waals surface area contributed by atoms with Crippen molar-refractivity contribution in [1.29, 1.82) is 0 Å². The first-order valence-electron chi connectivity index (χ1n) is 10.3. The van der Waals surface area contributed by atoms with Crippen LogP contribution in [0.15, 0.2) is 67.1 Å². The summed E-state index contributed by atoms with van der Waals surface area (Å²) in [6.45, 7) is 0.623. The van der Waals surface area contributed by atoms with Crippen molar-refractivity contribution in [2.24, 2.45) is 0 Å². The highest BCUT2D eigenvalue weighted by Gasteiger charge is 2.19. The minimum atomic E-state index is -0.610. The van der Waals surface area contributed by atoms with E-state index < -0.39 is 11.9 Å². The predicted molar refractivity (Wildman–Crippen MR) is 124 cm³/mol. The first-order chi connectivity index (χ1) is 16.5. The lowest BCUT2D eigenvalue weighted by atomic mass is 10.2. The van der Waals surface area contributed by atoms with Crippen molar-refractivity contribution in [3.8, 4) is 11.3 Å². The van der Waals surface area contributed by atoms with Crippen LogP contribution in [0.2, 0.25) is 0 Å². The van der Waals surface area contributed by atoms with Crippen molar-refractivity contribution in [3.63, 3.8) is 0 Å². The Labute approximate surface area is 194 Å². The third-order valence-corrected chi connectivity index (χ3v) is 5.13. The van der Waals surface area contributed by atoms with Crippen LogP contribution < -0.4 is 10.2 Å². The SMILES string of the molecule is COCCN(C(=O)c1ccc(F)cc1)c1ccc2ncc(-c3ccc(NC(=O)OC)nc3)n2c1. The van der Waals surface area contributed by atoms with Crippen LogP contribution in [-0.2, 0) is 9.47 Å². The second kappa shape index (κ2) is 10.1. The molecule has 0 saturated carbocycles. The predicted octanol–water partition coefficient (Wildman–Crippen LogP) is 4.01. The highest BCUT2D eigenvalue weighted by molar-refractivity contribution is 6.06. The number of nitrogens with one attached hydrogen (secondary N) is 1. The lowest BCUT2D eigenvalue weighted by molar-refractivity contribution is 0.0975. The fourth-order valence-electron chi connectivity index (χ4n) is 3.40. The van der Waals surface area contributed by atoms with Crippen LogP contribution in [0.25, 0.3) is 16.9 Å². The van der Waals surface area contributed by atoms with Crippen molar-refractivity contribution < 1.29 is 23.5 Å². The fourth-order valence-corrected chi connectivity index (χ4v) is 3.40. The number of benzene rings is 1. The van der Waals surface area contributed by atoms with E-state index in [2.05, 4.69) is 20.0 Å². The zero-order valence-electron chi connectivity index (χ0n) is 18.6. The lowest BCUT2D eigenvalue weighted by Crippen LogP contribution is -2.34. The van der Waals surface area contributed by atoms with E-state index in [1.165, 1.54) is 31.4 Å². The number of halogens is 1. The number of ether oxygens (including phenoxy) is 2. The molecule has 10 heteroatoms. The van der Waals surface area contributed by atoms with Crippen molar-refractivity contribution in [1.82, 2.24) is 14.4 Å². The van der Waals surface area contributed by atoms with Gasteiger partial charge in [-0.3, -0.25) is 14.5 Å². The van der Waals surface area contributed by atoms with E-state index in [9.17, 15) is 14.0 Å². The summed E-state index contributed by atoms with van der Waals surface area (Å²) in [4.78, 5) is 34.8. The molecule has 0 radical (unpaired) electrons. The minimum absolute atomic E-state index is 0.280. The molecule has 3 aromatic heterocycles. The zero-order valence-corrected chi connectivity index (χ0v) is 18.6. The van der Waals surface area contributed by atoms with Crippen LogP contribution in [0.5, 0.6) is 0 Å². The van der Waals surface area contributed by atoms with Crippen molar-refractivity contribution >= 4 is 29.2 Å². The van der Waals surface area contributed by atoms with Gasteiger partial charge in [0.15, 0.2) is 0 Å². The molecule has 9 nitrogen and oxygen atoms in total. The Balaban J connectivity index is 1.68. The van der Waals surface area contributed by atoms with Crippen LogP contribution in [0.3, 0.4) is 0 Å². The Bertz CT molecular complexity index is 1310. The van der Waals surface area contributed by atoms with Gasteiger partial charge in [-0.25, -0.2) is 19.2 Å².